The zero-order chi connectivity index (χ0) is 15.2. The highest BCUT2D eigenvalue weighted by Crippen LogP contribution is 2.24. The first kappa shape index (κ1) is 17.2. The molecule has 2 heterocycles. The van der Waals surface area contributed by atoms with Gasteiger partial charge in [0, 0.05) is 36.6 Å². The molecule has 2 unspecified atom stereocenters. The topological polar surface area (TPSA) is 18.5 Å². The second-order valence-corrected chi connectivity index (χ2v) is 7.99. The Kier molecular flexibility index (Phi) is 6.96. The molecule has 0 radical (unpaired) electrons. The maximum Gasteiger partial charge on any atom is 0.0931 e. The van der Waals surface area contributed by atoms with Crippen molar-refractivity contribution in [1.29, 1.82) is 0 Å². The molecule has 0 spiro atoms. The van der Waals surface area contributed by atoms with Gasteiger partial charge in [0.25, 0.3) is 0 Å². The van der Waals surface area contributed by atoms with Crippen LogP contribution in [0, 0.1) is 0 Å². The Bertz CT molecular complexity index is 423. The average Bonchev–Trinajstić information content (AvgIpc) is 2.85. The van der Waals surface area contributed by atoms with Gasteiger partial charge in [0.1, 0.15) is 0 Å². The van der Waals surface area contributed by atoms with E-state index < -0.39 is 0 Å². The summed E-state index contributed by atoms with van der Waals surface area (Å²) in [5.41, 5.74) is 0. The molecule has 0 aliphatic carbocycles. The zero-order valence-corrected chi connectivity index (χ0v) is 15.0. The van der Waals surface area contributed by atoms with Gasteiger partial charge in [-0.3, -0.25) is 0 Å². The van der Waals surface area contributed by atoms with E-state index in [1.54, 1.807) is 11.3 Å². The molecule has 0 amide bonds. The molecule has 5 heteroatoms. The molecule has 2 atom stereocenters. The fourth-order valence-corrected chi connectivity index (χ4v) is 4.14. The third-order valence-electron chi connectivity index (χ3n) is 4.30. The number of rotatable bonds is 7. The van der Waals surface area contributed by atoms with Gasteiger partial charge < -0.3 is 15.1 Å². The monoisotopic (exact) mass is 329 g/mol. The number of hydrogen-bond donors (Lipinski definition) is 1. The van der Waals surface area contributed by atoms with Crippen molar-refractivity contribution in [3.8, 4) is 0 Å². The maximum atomic E-state index is 6.07. The molecule has 1 fully saturated rings. The Balaban J connectivity index is 1.94. The van der Waals surface area contributed by atoms with Crippen LogP contribution in [0.2, 0.25) is 4.34 Å². The fraction of sp³-hybridized carbons (Fsp3) is 0.750. The van der Waals surface area contributed by atoms with E-state index in [9.17, 15) is 0 Å². The van der Waals surface area contributed by atoms with Crippen molar-refractivity contribution in [2.45, 2.75) is 38.3 Å². The van der Waals surface area contributed by atoms with Gasteiger partial charge in [-0.1, -0.05) is 18.5 Å². The van der Waals surface area contributed by atoms with Crippen LogP contribution in [0.25, 0.3) is 0 Å². The maximum absolute atomic E-state index is 6.07. The second kappa shape index (κ2) is 8.49. The SMILES string of the molecule is CCCNC(Cc1ccc(Cl)s1)CC1CN(C)CCN1C. The Morgan fingerprint density at radius 3 is 2.86 bits per heavy atom. The normalized spacial score (nSPS) is 22.6. The van der Waals surface area contributed by atoms with Crippen molar-refractivity contribution in [1.82, 2.24) is 15.1 Å². The number of likely N-dealkylation sites (N-methyl/N-ethyl adjacent to an activating group) is 2. The van der Waals surface area contributed by atoms with Gasteiger partial charge in [-0.25, -0.2) is 0 Å². The molecule has 1 aromatic heterocycles. The lowest BCUT2D eigenvalue weighted by Gasteiger charge is -2.39. The van der Waals surface area contributed by atoms with E-state index in [0.717, 1.165) is 17.3 Å². The quantitative estimate of drug-likeness (QED) is 0.829. The van der Waals surface area contributed by atoms with E-state index in [4.69, 9.17) is 11.6 Å². The van der Waals surface area contributed by atoms with E-state index >= 15 is 0 Å². The summed E-state index contributed by atoms with van der Waals surface area (Å²) in [6.45, 7) is 6.85. The summed E-state index contributed by atoms with van der Waals surface area (Å²) >= 11 is 7.78. The minimum absolute atomic E-state index is 0.540. The molecule has 1 saturated heterocycles. The summed E-state index contributed by atoms with van der Waals surface area (Å²) in [5, 5.41) is 3.73. The van der Waals surface area contributed by atoms with E-state index in [0.29, 0.717) is 12.1 Å². The number of thiophene rings is 1. The van der Waals surface area contributed by atoms with Crippen molar-refractivity contribution >= 4 is 22.9 Å². The Morgan fingerprint density at radius 1 is 1.38 bits per heavy atom. The Morgan fingerprint density at radius 2 is 2.19 bits per heavy atom. The zero-order valence-electron chi connectivity index (χ0n) is 13.4. The Labute approximate surface area is 138 Å². The van der Waals surface area contributed by atoms with Crippen molar-refractivity contribution in [3.63, 3.8) is 0 Å². The summed E-state index contributed by atoms with van der Waals surface area (Å²) in [6, 6.07) is 5.37. The van der Waals surface area contributed by atoms with Crippen molar-refractivity contribution in [3.05, 3.63) is 21.3 Å². The first-order valence-electron chi connectivity index (χ1n) is 7.95. The summed E-state index contributed by atoms with van der Waals surface area (Å²) in [4.78, 5) is 6.35. The standard InChI is InChI=1S/C16H28ClN3S/c1-4-7-18-13(11-15-5-6-16(17)21-15)10-14-12-19(2)8-9-20(14)3/h5-6,13-14,18H,4,7-12H2,1-3H3. The van der Waals surface area contributed by atoms with E-state index in [2.05, 4.69) is 42.2 Å². The van der Waals surface area contributed by atoms with E-state index in [1.807, 2.05) is 6.07 Å². The van der Waals surface area contributed by atoms with Crippen LogP contribution in [-0.4, -0.2) is 62.2 Å². The minimum atomic E-state index is 0.540. The molecule has 2 rings (SSSR count). The third-order valence-corrected chi connectivity index (χ3v) is 5.55. The highest BCUT2D eigenvalue weighted by molar-refractivity contribution is 7.16. The smallest absolute Gasteiger partial charge is 0.0931 e. The van der Waals surface area contributed by atoms with Gasteiger partial charge in [-0.15, -0.1) is 11.3 Å². The summed E-state index contributed by atoms with van der Waals surface area (Å²) < 4.78 is 0.897. The van der Waals surface area contributed by atoms with Crippen LogP contribution in [0.5, 0.6) is 0 Å². The number of nitrogens with one attached hydrogen (secondary N) is 1. The van der Waals surface area contributed by atoms with E-state index in [-0.39, 0.29) is 0 Å². The lowest BCUT2D eigenvalue weighted by Crippen LogP contribution is -2.52. The van der Waals surface area contributed by atoms with E-state index in [1.165, 1.54) is 37.4 Å². The molecule has 0 aromatic carbocycles. The molecule has 120 valence electrons. The molecule has 0 bridgehead atoms. The van der Waals surface area contributed by atoms with Crippen LogP contribution in [0.15, 0.2) is 12.1 Å². The predicted octanol–water partition coefficient (Wildman–Crippen LogP) is 2.95. The largest absolute Gasteiger partial charge is 0.314 e. The summed E-state index contributed by atoms with van der Waals surface area (Å²) in [5.74, 6) is 0. The van der Waals surface area contributed by atoms with Crippen LogP contribution >= 0.6 is 22.9 Å². The van der Waals surface area contributed by atoms with Crippen LogP contribution in [0.1, 0.15) is 24.6 Å². The molecule has 1 aliphatic heterocycles. The average molecular weight is 330 g/mol. The van der Waals surface area contributed by atoms with Gasteiger partial charge >= 0.3 is 0 Å². The van der Waals surface area contributed by atoms with Gasteiger partial charge in [-0.05, 0) is 52.0 Å². The molecule has 1 aliphatic rings. The van der Waals surface area contributed by atoms with Crippen LogP contribution in [-0.2, 0) is 6.42 Å². The van der Waals surface area contributed by atoms with Gasteiger partial charge in [0.05, 0.1) is 4.34 Å². The molecule has 0 saturated carbocycles. The molecule has 1 N–H and O–H groups in total. The predicted molar refractivity (Wildman–Crippen MR) is 93.6 cm³/mol. The molecule has 1 aromatic rings. The summed E-state index contributed by atoms with van der Waals surface area (Å²) in [6.07, 6.45) is 3.48. The molecular formula is C16H28ClN3S. The molecular weight excluding hydrogens is 302 g/mol. The molecule has 3 nitrogen and oxygen atoms in total. The number of nitrogens with zero attached hydrogens (tertiary/aromatic N) is 2. The number of hydrogen-bond acceptors (Lipinski definition) is 4. The highest BCUT2D eigenvalue weighted by Gasteiger charge is 2.25. The van der Waals surface area contributed by atoms with Gasteiger partial charge in [-0.2, -0.15) is 0 Å². The lowest BCUT2D eigenvalue weighted by molar-refractivity contribution is 0.101. The highest BCUT2D eigenvalue weighted by atomic mass is 35.5. The van der Waals surface area contributed by atoms with Crippen LogP contribution in [0.3, 0.4) is 0 Å². The van der Waals surface area contributed by atoms with Crippen LogP contribution < -0.4 is 5.32 Å². The minimum Gasteiger partial charge on any atom is -0.314 e. The number of halogens is 1. The summed E-state index contributed by atoms with van der Waals surface area (Å²) in [7, 11) is 4.49. The first-order chi connectivity index (χ1) is 10.1. The third kappa shape index (κ3) is 5.53. The van der Waals surface area contributed by atoms with Crippen molar-refractivity contribution in [2.75, 3.05) is 40.3 Å². The Hall–Kier alpha value is -0.130. The molecule has 21 heavy (non-hydrogen) atoms. The second-order valence-electron chi connectivity index (χ2n) is 6.19. The first-order valence-corrected chi connectivity index (χ1v) is 9.14. The van der Waals surface area contributed by atoms with Crippen molar-refractivity contribution in [2.24, 2.45) is 0 Å². The van der Waals surface area contributed by atoms with Gasteiger partial charge in [0.15, 0.2) is 0 Å². The lowest BCUT2D eigenvalue weighted by atomic mass is 10.00. The number of piperazine rings is 1. The van der Waals surface area contributed by atoms with Crippen LogP contribution in [0.4, 0.5) is 0 Å². The fourth-order valence-electron chi connectivity index (χ4n) is 2.98. The van der Waals surface area contributed by atoms with Gasteiger partial charge in [0.2, 0.25) is 0 Å². The van der Waals surface area contributed by atoms with Crippen molar-refractivity contribution < 1.29 is 0 Å².